The van der Waals surface area contributed by atoms with Gasteiger partial charge in [0.15, 0.2) is 6.29 Å². The van der Waals surface area contributed by atoms with Crippen molar-refractivity contribution in [2.24, 2.45) is 0 Å². The second-order valence-electron chi connectivity index (χ2n) is 13.7. The van der Waals surface area contributed by atoms with Crippen molar-refractivity contribution >= 4 is 5.91 Å². The molecule has 1 fully saturated rings. The van der Waals surface area contributed by atoms with E-state index >= 15 is 0 Å². The molecular formula is C37H73NO8. The van der Waals surface area contributed by atoms with Crippen molar-refractivity contribution in [1.82, 2.24) is 5.32 Å². The lowest BCUT2D eigenvalue weighted by Gasteiger charge is -2.40. The molecule has 0 spiro atoms. The zero-order valence-corrected chi connectivity index (χ0v) is 29.6. The minimum absolute atomic E-state index is 0.133. The first kappa shape index (κ1) is 43.2. The molecule has 0 bridgehead atoms. The van der Waals surface area contributed by atoms with Crippen LogP contribution in [0.5, 0.6) is 0 Å². The van der Waals surface area contributed by atoms with Gasteiger partial charge in [-0.3, -0.25) is 4.79 Å². The van der Waals surface area contributed by atoms with E-state index in [4.69, 9.17) is 9.47 Å². The number of amides is 1. The van der Waals surface area contributed by atoms with Crippen LogP contribution in [-0.2, 0) is 14.3 Å². The molecule has 1 saturated heterocycles. The molecule has 7 atom stereocenters. The first-order chi connectivity index (χ1) is 22.3. The van der Waals surface area contributed by atoms with Crippen LogP contribution in [0.1, 0.15) is 174 Å². The van der Waals surface area contributed by atoms with E-state index in [1.807, 2.05) is 0 Å². The van der Waals surface area contributed by atoms with Gasteiger partial charge in [0.1, 0.15) is 24.4 Å². The first-order valence-electron chi connectivity index (χ1n) is 19.2. The highest BCUT2D eigenvalue weighted by Gasteiger charge is 2.44. The number of aliphatic hydroxyl groups is 5. The highest BCUT2D eigenvalue weighted by Crippen LogP contribution is 2.23. The Labute approximate surface area is 281 Å². The maximum atomic E-state index is 12.8. The number of rotatable bonds is 31. The van der Waals surface area contributed by atoms with Gasteiger partial charge in [-0.1, -0.05) is 155 Å². The van der Waals surface area contributed by atoms with Gasteiger partial charge in [0.2, 0.25) is 5.91 Å². The molecule has 6 N–H and O–H groups in total. The van der Waals surface area contributed by atoms with Crippen LogP contribution in [0.3, 0.4) is 0 Å². The normalized spacial score (nSPS) is 23.0. The zero-order valence-electron chi connectivity index (χ0n) is 29.6. The maximum absolute atomic E-state index is 12.8. The molecule has 0 aromatic carbocycles. The number of nitrogens with one attached hydrogen (secondary N) is 1. The van der Waals surface area contributed by atoms with Crippen LogP contribution in [0.15, 0.2) is 0 Å². The predicted molar refractivity (Wildman–Crippen MR) is 184 cm³/mol. The Morgan fingerprint density at radius 3 is 1.54 bits per heavy atom. The maximum Gasteiger partial charge on any atom is 0.220 e. The highest BCUT2D eigenvalue weighted by molar-refractivity contribution is 5.76. The van der Waals surface area contributed by atoms with Gasteiger partial charge in [-0.2, -0.15) is 0 Å². The summed E-state index contributed by atoms with van der Waals surface area (Å²) in [6, 6.07) is -0.708. The summed E-state index contributed by atoms with van der Waals surface area (Å²) in [5.74, 6) is -0.149. The Morgan fingerprint density at radius 2 is 1.09 bits per heavy atom. The first-order valence-corrected chi connectivity index (χ1v) is 19.2. The molecule has 0 aliphatic carbocycles. The Hall–Kier alpha value is -0.810. The van der Waals surface area contributed by atoms with Crippen LogP contribution in [0.25, 0.3) is 0 Å². The molecule has 0 aromatic heterocycles. The van der Waals surface area contributed by atoms with E-state index in [1.54, 1.807) is 0 Å². The fraction of sp³-hybridized carbons (Fsp3) is 0.973. The van der Waals surface area contributed by atoms with Crippen molar-refractivity contribution in [3.8, 4) is 0 Å². The van der Waals surface area contributed by atoms with Crippen LogP contribution in [0, 0.1) is 0 Å². The van der Waals surface area contributed by atoms with Crippen molar-refractivity contribution in [2.75, 3.05) is 13.2 Å². The van der Waals surface area contributed by atoms with Gasteiger partial charge in [0.05, 0.1) is 25.4 Å². The third-order valence-corrected chi connectivity index (χ3v) is 9.46. The summed E-state index contributed by atoms with van der Waals surface area (Å²) in [7, 11) is 0. The van der Waals surface area contributed by atoms with E-state index in [0.717, 1.165) is 38.5 Å². The molecule has 0 saturated carbocycles. The second kappa shape index (κ2) is 29.1. The molecule has 274 valence electrons. The van der Waals surface area contributed by atoms with Gasteiger partial charge in [0.25, 0.3) is 0 Å². The van der Waals surface area contributed by atoms with E-state index in [9.17, 15) is 30.3 Å². The molecule has 1 heterocycles. The molecule has 1 amide bonds. The standard InChI is InChI=1S/C37H73NO8/c1-3-5-7-9-11-13-14-15-16-17-18-19-20-22-24-26-31(40)30(38-33(41)27-25-23-21-12-10-8-6-4-2)29-45-37-36(44)35(43)34(42)32(28-39)46-37/h30-32,34-37,39-40,42-44H,3-29H2,1-2H3,(H,38,41)/t30-,31+,32+,34-,35?,36?,37+/m0/s1. The lowest BCUT2D eigenvalue weighted by Crippen LogP contribution is -2.60. The number of carbonyl (C=O) groups is 1. The minimum atomic E-state index is -1.55. The van der Waals surface area contributed by atoms with Crippen LogP contribution in [0.4, 0.5) is 0 Å². The number of aliphatic hydroxyl groups excluding tert-OH is 5. The molecule has 46 heavy (non-hydrogen) atoms. The van der Waals surface area contributed by atoms with Gasteiger partial charge in [-0.05, 0) is 12.8 Å². The number of ether oxygens (including phenoxy) is 2. The predicted octanol–water partition coefficient (Wildman–Crippen LogP) is 6.44. The molecule has 0 radical (unpaired) electrons. The van der Waals surface area contributed by atoms with Gasteiger partial charge < -0.3 is 40.3 Å². The van der Waals surface area contributed by atoms with Gasteiger partial charge in [-0.15, -0.1) is 0 Å². The number of carbonyl (C=O) groups excluding carboxylic acids is 1. The number of hydrogen-bond acceptors (Lipinski definition) is 8. The van der Waals surface area contributed by atoms with Gasteiger partial charge in [0, 0.05) is 6.42 Å². The lowest BCUT2D eigenvalue weighted by atomic mass is 9.99. The fourth-order valence-corrected chi connectivity index (χ4v) is 6.28. The van der Waals surface area contributed by atoms with E-state index in [2.05, 4.69) is 19.2 Å². The van der Waals surface area contributed by atoms with Crippen LogP contribution >= 0.6 is 0 Å². The van der Waals surface area contributed by atoms with E-state index in [-0.39, 0.29) is 12.5 Å². The summed E-state index contributed by atoms with van der Waals surface area (Å²) >= 11 is 0. The molecule has 1 aliphatic rings. The average Bonchev–Trinajstić information content (AvgIpc) is 3.05. The SMILES string of the molecule is CCCCCCCCCCCCCCCCC[C@@H](O)[C@H](CO[C@@H]1O[C@H](CO)[C@H](O)C(O)C1O)NC(=O)CCCCCCCCCC. The smallest absolute Gasteiger partial charge is 0.220 e. The monoisotopic (exact) mass is 660 g/mol. The molecular weight excluding hydrogens is 586 g/mol. The second-order valence-corrected chi connectivity index (χ2v) is 13.7. The fourth-order valence-electron chi connectivity index (χ4n) is 6.28. The molecule has 9 heteroatoms. The molecule has 1 rings (SSSR count). The Kier molecular flexibility index (Phi) is 27.4. The zero-order chi connectivity index (χ0) is 33.8. The summed E-state index contributed by atoms with van der Waals surface area (Å²) in [5, 5.41) is 53.9. The topological polar surface area (TPSA) is 149 Å². The third kappa shape index (κ3) is 20.5. The minimum Gasteiger partial charge on any atom is -0.394 e. The van der Waals surface area contributed by atoms with Crippen LogP contribution in [-0.4, -0.2) is 87.5 Å². The van der Waals surface area contributed by atoms with Crippen LogP contribution < -0.4 is 5.32 Å². The lowest BCUT2D eigenvalue weighted by molar-refractivity contribution is -0.302. The number of hydrogen-bond donors (Lipinski definition) is 6. The largest absolute Gasteiger partial charge is 0.394 e. The van der Waals surface area contributed by atoms with E-state index in [1.165, 1.54) is 109 Å². The Balaban J connectivity index is 2.39. The summed E-state index contributed by atoms with van der Waals surface area (Å²) in [5.41, 5.74) is 0. The molecule has 2 unspecified atom stereocenters. The molecule has 0 aromatic rings. The van der Waals surface area contributed by atoms with Gasteiger partial charge >= 0.3 is 0 Å². The quantitative estimate of drug-likeness (QED) is 0.0466. The van der Waals surface area contributed by atoms with Crippen molar-refractivity contribution < 1.29 is 39.8 Å². The summed E-state index contributed by atoms with van der Waals surface area (Å²) < 4.78 is 11.2. The van der Waals surface area contributed by atoms with Gasteiger partial charge in [-0.25, -0.2) is 0 Å². The molecule has 9 nitrogen and oxygen atoms in total. The van der Waals surface area contributed by atoms with E-state index < -0.39 is 49.5 Å². The van der Waals surface area contributed by atoms with Crippen molar-refractivity contribution in [3.05, 3.63) is 0 Å². The average molecular weight is 660 g/mol. The highest BCUT2D eigenvalue weighted by atomic mass is 16.7. The van der Waals surface area contributed by atoms with Crippen molar-refractivity contribution in [2.45, 2.75) is 217 Å². The summed E-state index contributed by atoms with van der Waals surface area (Å²) in [6.07, 6.45) is 21.2. The Morgan fingerprint density at radius 1 is 0.652 bits per heavy atom. The van der Waals surface area contributed by atoms with E-state index in [0.29, 0.717) is 12.8 Å². The van der Waals surface area contributed by atoms with Crippen molar-refractivity contribution in [3.63, 3.8) is 0 Å². The van der Waals surface area contributed by atoms with Crippen LogP contribution in [0.2, 0.25) is 0 Å². The Bertz CT molecular complexity index is 696. The number of unbranched alkanes of at least 4 members (excludes halogenated alkanes) is 21. The third-order valence-electron chi connectivity index (χ3n) is 9.46. The van der Waals surface area contributed by atoms with Crippen molar-refractivity contribution in [1.29, 1.82) is 0 Å². The molecule has 1 aliphatic heterocycles. The summed E-state index contributed by atoms with van der Waals surface area (Å²) in [6.45, 7) is 3.78. The summed E-state index contributed by atoms with van der Waals surface area (Å²) in [4.78, 5) is 12.8.